The van der Waals surface area contributed by atoms with E-state index in [4.69, 9.17) is 9.15 Å². The average molecular weight is 330 g/mol. The second-order valence-corrected chi connectivity index (χ2v) is 5.83. The van der Waals surface area contributed by atoms with Crippen LogP contribution in [0.25, 0.3) is 11.0 Å². The van der Waals surface area contributed by atoms with Gasteiger partial charge in [-0.3, -0.25) is 4.79 Å². The van der Waals surface area contributed by atoms with Gasteiger partial charge in [0.05, 0.1) is 6.61 Å². The third-order valence-corrected chi connectivity index (χ3v) is 4.06. The van der Waals surface area contributed by atoms with Gasteiger partial charge in [-0.05, 0) is 24.5 Å². The highest BCUT2D eigenvalue weighted by atomic mass is 16.5. The van der Waals surface area contributed by atoms with Crippen LogP contribution in [0.3, 0.4) is 0 Å². The Morgan fingerprint density at radius 1 is 1.21 bits per heavy atom. The highest BCUT2D eigenvalue weighted by Crippen LogP contribution is 2.15. The summed E-state index contributed by atoms with van der Waals surface area (Å²) in [7, 11) is 0. The van der Waals surface area contributed by atoms with Gasteiger partial charge in [-0.1, -0.05) is 51.3 Å². The Labute approximate surface area is 140 Å². The molecule has 0 N–H and O–H groups in total. The van der Waals surface area contributed by atoms with Crippen LogP contribution in [0.15, 0.2) is 39.5 Å². The van der Waals surface area contributed by atoms with E-state index >= 15 is 0 Å². The van der Waals surface area contributed by atoms with Gasteiger partial charge in [-0.25, -0.2) is 9.59 Å². The molecule has 1 aromatic carbocycles. The quantitative estimate of drug-likeness (QED) is 0.319. The molecule has 0 bridgehead atoms. The minimum atomic E-state index is -1.01. The Bertz CT molecular complexity index is 775. The van der Waals surface area contributed by atoms with Crippen molar-refractivity contribution in [2.24, 2.45) is 5.92 Å². The van der Waals surface area contributed by atoms with Crippen molar-refractivity contribution in [3.8, 4) is 0 Å². The summed E-state index contributed by atoms with van der Waals surface area (Å²) in [5.41, 5.74) is -0.744. The smallest absolute Gasteiger partial charge is 0.379 e. The monoisotopic (exact) mass is 330 g/mol. The number of carbonyl (C=O) groups is 2. The molecule has 0 saturated heterocycles. The Kier molecular flexibility index (Phi) is 6.29. The third-order valence-electron chi connectivity index (χ3n) is 4.06. The zero-order chi connectivity index (χ0) is 17.5. The molecule has 0 radical (unpaired) electrons. The summed E-state index contributed by atoms with van der Waals surface area (Å²) < 4.78 is 10.2. The Morgan fingerprint density at radius 3 is 2.67 bits per heavy atom. The number of ketones is 1. The van der Waals surface area contributed by atoms with E-state index in [0.717, 1.165) is 25.7 Å². The molecule has 0 aliphatic heterocycles. The first-order valence-electron chi connectivity index (χ1n) is 8.31. The van der Waals surface area contributed by atoms with E-state index in [2.05, 4.69) is 6.92 Å². The maximum absolute atomic E-state index is 12.2. The number of rotatable bonds is 8. The maximum Gasteiger partial charge on any atom is 0.379 e. The Balaban J connectivity index is 2.09. The fourth-order valence-corrected chi connectivity index (χ4v) is 2.49. The molecule has 5 heteroatoms. The highest BCUT2D eigenvalue weighted by molar-refractivity contribution is 6.40. The van der Waals surface area contributed by atoms with E-state index in [-0.39, 0.29) is 18.1 Å². The molecule has 5 nitrogen and oxygen atoms in total. The summed E-state index contributed by atoms with van der Waals surface area (Å²) in [5, 5.41) is 0.586. The predicted molar refractivity (Wildman–Crippen MR) is 91.1 cm³/mol. The first-order valence-corrected chi connectivity index (χ1v) is 8.31. The van der Waals surface area contributed by atoms with Gasteiger partial charge in [0.25, 0.3) is 5.78 Å². The largest absolute Gasteiger partial charge is 0.459 e. The van der Waals surface area contributed by atoms with Crippen molar-refractivity contribution in [3.63, 3.8) is 0 Å². The van der Waals surface area contributed by atoms with Gasteiger partial charge in [-0.2, -0.15) is 0 Å². The molecule has 128 valence electrons. The normalized spacial score (nSPS) is 12.1. The predicted octanol–water partition coefficient (Wildman–Crippen LogP) is 3.74. The molecule has 2 rings (SSSR count). The number of esters is 1. The molecule has 0 amide bonds. The van der Waals surface area contributed by atoms with Gasteiger partial charge in [0.15, 0.2) is 0 Å². The van der Waals surface area contributed by atoms with Gasteiger partial charge >= 0.3 is 11.6 Å². The molecule has 0 saturated carbocycles. The number of hydrogen-bond donors (Lipinski definition) is 0. The summed E-state index contributed by atoms with van der Waals surface area (Å²) >= 11 is 0. The first-order chi connectivity index (χ1) is 11.6. The lowest BCUT2D eigenvalue weighted by atomic mass is 10.0. The number of Topliss-reactive ketones (excluding diaryl/α,β-unsaturated/α-hetero) is 1. The fraction of sp³-hybridized carbons (Fsp3) is 0.421. The standard InChI is InChI=1S/C19H22O5/c1-3-5-8-13(4-2)12-23-19(22)17(20)15-11-14-9-6-7-10-16(14)24-18(15)21/h6-7,9-11,13H,3-5,8,12H2,1-2H3. The fourth-order valence-electron chi connectivity index (χ4n) is 2.49. The SMILES string of the molecule is CCCCC(CC)COC(=O)C(=O)c1cc2ccccc2oc1=O. The van der Waals surface area contributed by atoms with Crippen LogP contribution in [0.2, 0.25) is 0 Å². The van der Waals surface area contributed by atoms with Crippen molar-refractivity contribution in [1.29, 1.82) is 0 Å². The van der Waals surface area contributed by atoms with Gasteiger partial charge in [0.1, 0.15) is 11.1 Å². The van der Waals surface area contributed by atoms with Crippen molar-refractivity contribution in [1.82, 2.24) is 0 Å². The van der Waals surface area contributed by atoms with Crippen molar-refractivity contribution < 1.29 is 18.7 Å². The molecule has 2 aromatic rings. The minimum Gasteiger partial charge on any atom is -0.459 e. The van der Waals surface area contributed by atoms with Crippen LogP contribution >= 0.6 is 0 Å². The average Bonchev–Trinajstić information content (AvgIpc) is 2.60. The number of carbonyl (C=O) groups excluding carboxylic acids is 2. The molecule has 0 aliphatic carbocycles. The molecule has 24 heavy (non-hydrogen) atoms. The molecule has 1 atom stereocenters. The van der Waals surface area contributed by atoms with E-state index in [1.807, 2.05) is 6.92 Å². The lowest BCUT2D eigenvalue weighted by Crippen LogP contribution is -2.25. The van der Waals surface area contributed by atoms with Crippen molar-refractivity contribution in [3.05, 3.63) is 46.3 Å². The summed E-state index contributed by atoms with van der Waals surface area (Å²) in [4.78, 5) is 36.1. The molecule has 1 heterocycles. The summed E-state index contributed by atoms with van der Waals surface area (Å²) in [6.07, 6.45) is 3.95. The molecular formula is C19H22O5. The van der Waals surface area contributed by atoms with Crippen LogP contribution in [0.5, 0.6) is 0 Å². The number of para-hydroxylation sites is 1. The molecule has 0 fully saturated rings. The van der Waals surface area contributed by atoms with Crippen LogP contribution in [0, 0.1) is 5.92 Å². The topological polar surface area (TPSA) is 73.6 Å². The van der Waals surface area contributed by atoms with E-state index in [1.54, 1.807) is 24.3 Å². The Hall–Kier alpha value is -2.43. The number of benzene rings is 1. The highest BCUT2D eigenvalue weighted by Gasteiger charge is 2.23. The van der Waals surface area contributed by atoms with Crippen molar-refractivity contribution >= 4 is 22.7 Å². The first kappa shape index (κ1) is 17.9. The molecule has 0 spiro atoms. The van der Waals surface area contributed by atoms with E-state index in [1.165, 1.54) is 6.07 Å². The number of fused-ring (bicyclic) bond motifs is 1. The molecular weight excluding hydrogens is 308 g/mol. The van der Waals surface area contributed by atoms with Gasteiger partial charge in [0, 0.05) is 5.39 Å². The summed E-state index contributed by atoms with van der Waals surface area (Å²) in [5.74, 6) is -1.73. The molecule has 0 aliphatic rings. The van der Waals surface area contributed by atoms with Crippen LogP contribution in [0.1, 0.15) is 49.9 Å². The third kappa shape index (κ3) is 4.31. The zero-order valence-corrected chi connectivity index (χ0v) is 14.0. The number of hydrogen-bond acceptors (Lipinski definition) is 5. The summed E-state index contributed by atoms with van der Waals surface area (Å²) in [6, 6.07) is 8.19. The second kappa shape index (κ2) is 8.43. The van der Waals surface area contributed by atoms with Crippen LogP contribution in [-0.2, 0) is 9.53 Å². The Morgan fingerprint density at radius 2 is 1.96 bits per heavy atom. The van der Waals surface area contributed by atoms with Crippen LogP contribution < -0.4 is 5.63 Å². The zero-order valence-electron chi connectivity index (χ0n) is 14.0. The number of unbranched alkanes of at least 4 members (excludes halogenated alkanes) is 1. The van der Waals surface area contributed by atoms with Crippen molar-refractivity contribution in [2.75, 3.05) is 6.61 Å². The van der Waals surface area contributed by atoms with Gasteiger partial charge in [0.2, 0.25) is 0 Å². The minimum absolute atomic E-state index is 0.194. The van der Waals surface area contributed by atoms with Crippen LogP contribution in [0.4, 0.5) is 0 Å². The lowest BCUT2D eigenvalue weighted by molar-refractivity contribution is -0.139. The molecule has 1 unspecified atom stereocenters. The molecule has 1 aromatic heterocycles. The van der Waals surface area contributed by atoms with E-state index < -0.39 is 17.4 Å². The second-order valence-electron chi connectivity index (χ2n) is 5.83. The van der Waals surface area contributed by atoms with E-state index in [0.29, 0.717) is 11.0 Å². The van der Waals surface area contributed by atoms with Gasteiger partial charge in [-0.15, -0.1) is 0 Å². The summed E-state index contributed by atoms with van der Waals surface area (Å²) in [6.45, 7) is 4.31. The van der Waals surface area contributed by atoms with Crippen LogP contribution in [-0.4, -0.2) is 18.4 Å². The van der Waals surface area contributed by atoms with E-state index in [9.17, 15) is 14.4 Å². The lowest BCUT2D eigenvalue weighted by Gasteiger charge is -2.14. The maximum atomic E-state index is 12.2. The van der Waals surface area contributed by atoms with Gasteiger partial charge < -0.3 is 9.15 Å². The van der Waals surface area contributed by atoms with Crippen molar-refractivity contribution in [2.45, 2.75) is 39.5 Å². The number of ether oxygens (including phenoxy) is 1.